The predicted octanol–water partition coefficient (Wildman–Crippen LogP) is 1.86. The Morgan fingerprint density at radius 2 is 1.81 bits per heavy atom. The molecule has 0 bridgehead atoms. The zero-order valence-corrected chi connectivity index (χ0v) is 15.2. The van der Waals surface area contributed by atoms with Crippen molar-refractivity contribution in [3.8, 4) is 0 Å². The summed E-state index contributed by atoms with van der Waals surface area (Å²) in [6.45, 7) is 0. The van der Waals surface area contributed by atoms with Crippen LogP contribution in [0.1, 0.15) is 17.0 Å². The van der Waals surface area contributed by atoms with Gasteiger partial charge in [-0.05, 0) is 23.3 Å². The van der Waals surface area contributed by atoms with Gasteiger partial charge in [0.1, 0.15) is 0 Å². The summed E-state index contributed by atoms with van der Waals surface area (Å²) in [5.41, 5.74) is 3.13. The van der Waals surface area contributed by atoms with Gasteiger partial charge < -0.3 is 4.57 Å². The van der Waals surface area contributed by atoms with Crippen LogP contribution in [0.4, 0.5) is 5.69 Å². The fourth-order valence-electron chi connectivity index (χ4n) is 2.72. The number of carbonyl (C=O) groups excluding carboxylic acids is 1. The van der Waals surface area contributed by atoms with E-state index in [9.17, 15) is 13.2 Å². The van der Waals surface area contributed by atoms with Crippen molar-refractivity contribution in [3.63, 3.8) is 0 Å². The Bertz CT molecular complexity index is 1050. The summed E-state index contributed by atoms with van der Waals surface area (Å²) < 4.78 is 28.9. The molecule has 3 rings (SSSR count). The van der Waals surface area contributed by atoms with E-state index in [0.717, 1.165) is 0 Å². The number of amides is 1. The van der Waals surface area contributed by atoms with Crippen molar-refractivity contribution < 1.29 is 18.4 Å². The number of hydrogen-bond donors (Lipinski definition) is 3. The number of aryl methyl sites for hydroxylation is 1. The number of sulfonamides is 1. The molecule has 1 heterocycles. The SMILES string of the molecule is Cn1cnc(S(=O)(=O)Nc2cccc(C(C(=O)NO)c3ccccc3)c2)c1. The third-order valence-corrected chi connectivity index (χ3v) is 5.20. The normalized spacial score (nSPS) is 12.4. The molecule has 1 atom stereocenters. The number of nitrogens with zero attached hydrogens (tertiary/aromatic N) is 2. The lowest BCUT2D eigenvalue weighted by Crippen LogP contribution is -2.27. The monoisotopic (exact) mass is 386 g/mol. The zero-order chi connectivity index (χ0) is 19.4. The van der Waals surface area contributed by atoms with Crippen molar-refractivity contribution in [1.82, 2.24) is 15.0 Å². The van der Waals surface area contributed by atoms with Crippen molar-refractivity contribution in [2.24, 2.45) is 7.05 Å². The van der Waals surface area contributed by atoms with Crippen LogP contribution >= 0.6 is 0 Å². The molecule has 1 unspecified atom stereocenters. The van der Waals surface area contributed by atoms with Crippen LogP contribution in [0.3, 0.4) is 0 Å². The molecule has 0 aliphatic rings. The number of anilines is 1. The van der Waals surface area contributed by atoms with Crippen molar-refractivity contribution in [2.75, 3.05) is 4.72 Å². The highest BCUT2D eigenvalue weighted by atomic mass is 32.2. The highest BCUT2D eigenvalue weighted by Gasteiger charge is 2.23. The maximum atomic E-state index is 12.4. The number of carbonyl (C=O) groups is 1. The van der Waals surface area contributed by atoms with Gasteiger partial charge in [0.05, 0.1) is 12.2 Å². The molecule has 9 heteroatoms. The second kappa shape index (κ2) is 7.60. The lowest BCUT2D eigenvalue weighted by atomic mass is 9.90. The van der Waals surface area contributed by atoms with Gasteiger partial charge in [-0.1, -0.05) is 42.5 Å². The second-order valence-electron chi connectivity index (χ2n) is 5.93. The fraction of sp³-hybridized carbons (Fsp3) is 0.111. The lowest BCUT2D eigenvalue weighted by Gasteiger charge is -2.17. The summed E-state index contributed by atoms with van der Waals surface area (Å²) in [5, 5.41) is 9.00. The number of aromatic nitrogens is 2. The van der Waals surface area contributed by atoms with Crippen LogP contribution < -0.4 is 10.2 Å². The van der Waals surface area contributed by atoms with Crippen LogP contribution in [-0.2, 0) is 21.9 Å². The van der Waals surface area contributed by atoms with Gasteiger partial charge in [0.25, 0.3) is 15.9 Å². The molecule has 2 aromatic carbocycles. The number of nitrogens with one attached hydrogen (secondary N) is 2. The smallest absolute Gasteiger partial charge is 0.280 e. The van der Waals surface area contributed by atoms with Crippen LogP contribution in [0, 0.1) is 0 Å². The summed E-state index contributed by atoms with van der Waals surface area (Å²) in [4.78, 5) is 16.1. The van der Waals surface area contributed by atoms with Crippen LogP contribution in [0.15, 0.2) is 72.1 Å². The molecule has 3 aromatic rings. The molecule has 0 radical (unpaired) electrons. The van der Waals surface area contributed by atoms with E-state index >= 15 is 0 Å². The quantitative estimate of drug-likeness (QED) is 0.442. The first-order chi connectivity index (χ1) is 12.9. The Labute approximate surface area is 156 Å². The van der Waals surface area contributed by atoms with E-state index in [-0.39, 0.29) is 10.7 Å². The standard InChI is InChI=1S/C18H18N4O4S/c1-22-11-16(19-12-22)27(25,26)21-15-9-5-8-14(10-15)17(18(23)20-24)13-6-3-2-4-7-13/h2-12,17,21,24H,1H3,(H,20,23). The van der Waals surface area contributed by atoms with E-state index in [1.807, 2.05) is 6.07 Å². The average Bonchev–Trinajstić information content (AvgIpc) is 3.10. The van der Waals surface area contributed by atoms with E-state index in [1.165, 1.54) is 17.1 Å². The summed E-state index contributed by atoms with van der Waals surface area (Å²) >= 11 is 0. The van der Waals surface area contributed by atoms with Crippen molar-refractivity contribution in [2.45, 2.75) is 10.9 Å². The molecule has 0 fully saturated rings. The average molecular weight is 386 g/mol. The highest BCUT2D eigenvalue weighted by molar-refractivity contribution is 7.92. The van der Waals surface area contributed by atoms with E-state index < -0.39 is 21.8 Å². The molecule has 0 saturated carbocycles. The van der Waals surface area contributed by atoms with Gasteiger partial charge in [-0.2, -0.15) is 8.42 Å². The molecule has 27 heavy (non-hydrogen) atoms. The van der Waals surface area contributed by atoms with Gasteiger partial charge in [0, 0.05) is 18.9 Å². The summed E-state index contributed by atoms with van der Waals surface area (Å²) in [7, 11) is -2.19. The Morgan fingerprint density at radius 3 is 2.44 bits per heavy atom. The van der Waals surface area contributed by atoms with Crippen LogP contribution in [-0.4, -0.2) is 29.1 Å². The Balaban J connectivity index is 1.95. The van der Waals surface area contributed by atoms with Gasteiger partial charge in [-0.25, -0.2) is 10.5 Å². The topological polar surface area (TPSA) is 113 Å². The highest BCUT2D eigenvalue weighted by Crippen LogP contribution is 2.27. The Hall–Kier alpha value is -3.17. The van der Waals surface area contributed by atoms with Gasteiger partial charge >= 0.3 is 0 Å². The third kappa shape index (κ3) is 4.15. The molecule has 140 valence electrons. The minimum atomic E-state index is -3.86. The summed E-state index contributed by atoms with van der Waals surface area (Å²) in [6.07, 6.45) is 2.78. The van der Waals surface area contributed by atoms with Crippen LogP contribution in [0.5, 0.6) is 0 Å². The molecule has 1 amide bonds. The minimum absolute atomic E-state index is 0.108. The minimum Gasteiger partial charge on any atom is -0.339 e. The number of rotatable bonds is 6. The first-order valence-electron chi connectivity index (χ1n) is 8.00. The van der Waals surface area contributed by atoms with E-state index in [1.54, 1.807) is 61.1 Å². The fourth-order valence-corrected chi connectivity index (χ4v) is 3.75. The lowest BCUT2D eigenvalue weighted by molar-refractivity contribution is -0.129. The summed E-state index contributed by atoms with van der Waals surface area (Å²) in [6, 6.07) is 15.3. The molecular formula is C18H18N4O4S. The van der Waals surface area contributed by atoms with Crippen LogP contribution in [0.2, 0.25) is 0 Å². The largest absolute Gasteiger partial charge is 0.339 e. The van der Waals surface area contributed by atoms with Gasteiger partial charge in [-0.3, -0.25) is 14.7 Å². The molecule has 0 spiro atoms. The predicted molar refractivity (Wildman–Crippen MR) is 98.7 cm³/mol. The molecule has 0 aliphatic heterocycles. The molecule has 3 N–H and O–H groups in total. The number of benzene rings is 2. The molecule has 0 saturated heterocycles. The van der Waals surface area contributed by atoms with Gasteiger partial charge in [0.15, 0.2) is 5.03 Å². The molecule has 8 nitrogen and oxygen atoms in total. The molecule has 1 aromatic heterocycles. The molecule has 0 aliphatic carbocycles. The Morgan fingerprint density at radius 1 is 1.11 bits per heavy atom. The maximum Gasteiger partial charge on any atom is 0.280 e. The first-order valence-corrected chi connectivity index (χ1v) is 9.48. The van der Waals surface area contributed by atoms with Crippen LogP contribution in [0.25, 0.3) is 0 Å². The number of hydrogen-bond acceptors (Lipinski definition) is 5. The van der Waals surface area contributed by atoms with E-state index in [4.69, 9.17) is 5.21 Å². The zero-order valence-electron chi connectivity index (χ0n) is 14.4. The molecular weight excluding hydrogens is 368 g/mol. The number of imidazole rings is 1. The maximum absolute atomic E-state index is 12.4. The van der Waals surface area contributed by atoms with Gasteiger partial charge in [0.2, 0.25) is 0 Å². The third-order valence-electron chi connectivity index (χ3n) is 3.93. The van der Waals surface area contributed by atoms with E-state index in [2.05, 4.69) is 9.71 Å². The van der Waals surface area contributed by atoms with Gasteiger partial charge in [-0.15, -0.1) is 0 Å². The van der Waals surface area contributed by atoms with E-state index in [0.29, 0.717) is 11.1 Å². The number of hydroxylamine groups is 1. The Kier molecular flexibility index (Phi) is 5.24. The first kappa shape index (κ1) is 18.6. The van der Waals surface area contributed by atoms with Crippen molar-refractivity contribution in [3.05, 3.63) is 78.2 Å². The van der Waals surface area contributed by atoms with Crippen molar-refractivity contribution >= 4 is 21.6 Å². The second-order valence-corrected chi connectivity index (χ2v) is 7.56. The van der Waals surface area contributed by atoms with Crippen molar-refractivity contribution in [1.29, 1.82) is 0 Å². The summed E-state index contributed by atoms with van der Waals surface area (Å²) in [5.74, 6) is -1.42.